The molecule has 0 aromatic carbocycles. The molecule has 0 saturated heterocycles. The molecule has 0 radical (unpaired) electrons. The van der Waals surface area contributed by atoms with E-state index in [1.165, 1.54) is 0 Å². The van der Waals surface area contributed by atoms with Gasteiger partial charge in [0.25, 0.3) is 0 Å². The Balaban J connectivity index is 1.66. The predicted octanol–water partition coefficient (Wildman–Crippen LogP) is 3.27. The Bertz CT molecular complexity index is 846. The number of allylic oxidation sites excluding steroid dienone is 1. The Kier molecular flexibility index (Phi) is 6.47. The van der Waals surface area contributed by atoms with Crippen LogP contribution in [0, 0.1) is 28.6 Å². The molecule has 3 saturated carbocycles. The average molecular weight is 479 g/mol. The molecule has 0 bridgehead atoms. The van der Waals surface area contributed by atoms with Crippen molar-refractivity contribution in [1.82, 2.24) is 0 Å². The summed E-state index contributed by atoms with van der Waals surface area (Å²) in [6.45, 7) is 9.73. The van der Waals surface area contributed by atoms with Crippen molar-refractivity contribution in [1.29, 1.82) is 0 Å². The van der Waals surface area contributed by atoms with Crippen LogP contribution in [0.4, 0.5) is 0 Å². The number of fused-ring (bicyclic) bond motifs is 5. The van der Waals surface area contributed by atoms with Gasteiger partial charge in [-0.05, 0) is 107 Å². The molecule has 3 fully saturated rings. The highest BCUT2D eigenvalue weighted by molar-refractivity contribution is 5.95. The van der Waals surface area contributed by atoms with Crippen molar-refractivity contribution in [2.45, 2.75) is 128 Å². The summed E-state index contributed by atoms with van der Waals surface area (Å²) in [5.74, 6) is -0.492. The monoisotopic (exact) mass is 478 g/mol. The molecule has 0 amide bonds. The van der Waals surface area contributed by atoms with Gasteiger partial charge in [0.2, 0.25) is 0 Å². The van der Waals surface area contributed by atoms with Crippen molar-refractivity contribution in [2.75, 3.05) is 0 Å². The molecule has 194 valence electrons. The minimum absolute atomic E-state index is 0.0147. The van der Waals surface area contributed by atoms with Crippen molar-refractivity contribution in [3.8, 4) is 0 Å². The normalized spacial score (nSPS) is 46.2. The lowest BCUT2D eigenvalue weighted by atomic mass is 9.45. The smallest absolute Gasteiger partial charge is 0.159 e. The minimum Gasteiger partial charge on any atom is -0.390 e. The van der Waals surface area contributed by atoms with Crippen LogP contribution >= 0.6 is 0 Å². The Labute approximate surface area is 204 Å². The SMILES string of the molecule is CCC(O)(CCCC(C)(C)O)C1CCC2(O)C3=CC(=O)C4CC(O)C(O)CC4(C)C3CCC12C. The van der Waals surface area contributed by atoms with Gasteiger partial charge in [0, 0.05) is 11.3 Å². The second-order valence-electron chi connectivity index (χ2n) is 13.2. The summed E-state index contributed by atoms with van der Waals surface area (Å²) in [6, 6.07) is 0. The van der Waals surface area contributed by atoms with Gasteiger partial charge in [0.15, 0.2) is 5.78 Å². The molecule has 34 heavy (non-hydrogen) atoms. The van der Waals surface area contributed by atoms with Gasteiger partial charge in [-0.25, -0.2) is 0 Å². The molecule has 9 atom stereocenters. The fourth-order valence-electron chi connectivity index (χ4n) is 8.66. The van der Waals surface area contributed by atoms with Crippen molar-refractivity contribution in [3.63, 3.8) is 0 Å². The van der Waals surface area contributed by atoms with Crippen LogP contribution in [-0.4, -0.2) is 60.3 Å². The zero-order valence-corrected chi connectivity index (χ0v) is 21.7. The van der Waals surface area contributed by atoms with Crippen LogP contribution in [0.25, 0.3) is 0 Å². The number of ketones is 1. The molecule has 4 rings (SSSR count). The third-order valence-electron chi connectivity index (χ3n) is 10.8. The van der Waals surface area contributed by atoms with Crippen molar-refractivity contribution in [2.24, 2.45) is 28.6 Å². The summed E-state index contributed by atoms with van der Waals surface area (Å²) in [5.41, 5.74) is -3.11. The summed E-state index contributed by atoms with van der Waals surface area (Å²) in [7, 11) is 0. The first-order valence-electron chi connectivity index (χ1n) is 13.4. The maximum absolute atomic E-state index is 13.3. The standard InChI is InChI=1S/C28H46O6/c1-6-27(33,11-7-10-24(2,3)32)23-9-13-28(34)18-14-20(29)19-15-21(30)22(31)16-25(19,4)17(18)8-12-26(23,28)5/h14,17,19,21-23,30-34H,6-13,15-16H2,1-5H3. The van der Waals surface area contributed by atoms with Crippen molar-refractivity contribution in [3.05, 3.63) is 11.6 Å². The van der Waals surface area contributed by atoms with E-state index < -0.39 is 39.8 Å². The van der Waals surface area contributed by atoms with E-state index in [1.54, 1.807) is 19.9 Å². The zero-order chi connectivity index (χ0) is 25.3. The van der Waals surface area contributed by atoms with Crippen molar-refractivity contribution < 1.29 is 30.3 Å². The Morgan fingerprint density at radius 3 is 2.32 bits per heavy atom. The Hall–Kier alpha value is -0.790. The van der Waals surface area contributed by atoms with Crippen LogP contribution in [0.3, 0.4) is 0 Å². The van der Waals surface area contributed by atoms with E-state index in [-0.39, 0.29) is 30.0 Å². The average Bonchev–Trinajstić information content (AvgIpc) is 3.01. The fourth-order valence-corrected chi connectivity index (χ4v) is 8.66. The van der Waals surface area contributed by atoms with E-state index in [4.69, 9.17) is 0 Å². The lowest BCUT2D eigenvalue weighted by Gasteiger charge is -2.60. The van der Waals surface area contributed by atoms with E-state index >= 15 is 0 Å². The summed E-state index contributed by atoms with van der Waals surface area (Å²) < 4.78 is 0. The van der Waals surface area contributed by atoms with Gasteiger partial charge in [-0.15, -0.1) is 0 Å². The summed E-state index contributed by atoms with van der Waals surface area (Å²) in [5, 5.41) is 55.0. The lowest BCUT2D eigenvalue weighted by molar-refractivity contribution is -0.163. The van der Waals surface area contributed by atoms with Crippen LogP contribution < -0.4 is 0 Å². The van der Waals surface area contributed by atoms with Gasteiger partial charge < -0.3 is 25.5 Å². The molecule has 6 nitrogen and oxygen atoms in total. The number of carbonyl (C=O) groups is 1. The van der Waals surface area contributed by atoms with E-state index in [0.29, 0.717) is 44.9 Å². The molecule has 0 spiro atoms. The van der Waals surface area contributed by atoms with E-state index in [9.17, 15) is 30.3 Å². The quantitative estimate of drug-likeness (QED) is 0.400. The highest BCUT2D eigenvalue weighted by Gasteiger charge is 2.68. The maximum atomic E-state index is 13.3. The van der Waals surface area contributed by atoms with Gasteiger partial charge in [0.1, 0.15) is 0 Å². The number of rotatable bonds is 6. The Morgan fingerprint density at radius 2 is 1.71 bits per heavy atom. The molecule has 5 N–H and O–H groups in total. The first kappa shape index (κ1) is 26.3. The number of hydrogen-bond donors (Lipinski definition) is 5. The van der Waals surface area contributed by atoms with Crippen molar-refractivity contribution >= 4 is 5.78 Å². The highest BCUT2D eigenvalue weighted by atomic mass is 16.3. The van der Waals surface area contributed by atoms with Crippen LogP contribution in [0.2, 0.25) is 0 Å². The van der Waals surface area contributed by atoms with Gasteiger partial charge >= 0.3 is 0 Å². The number of aliphatic hydroxyl groups excluding tert-OH is 2. The number of aliphatic hydroxyl groups is 5. The molecule has 0 aromatic rings. The molecule has 6 heteroatoms. The van der Waals surface area contributed by atoms with Crippen LogP contribution in [-0.2, 0) is 4.79 Å². The van der Waals surface area contributed by atoms with Crippen LogP contribution in [0.5, 0.6) is 0 Å². The topological polar surface area (TPSA) is 118 Å². The van der Waals surface area contributed by atoms with Gasteiger partial charge in [-0.1, -0.05) is 20.8 Å². The second-order valence-corrected chi connectivity index (χ2v) is 13.2. The molecule has 9 unspecified atom stereocenters. The fraction of sp³-hybridized carbons (Fsp3) is 0.893. The first-order chi connectivity index (χ1) is 15.6. The van der Waals surface area contributed by atoms with Crippen LogP contribution in [0.1, 0.15) is 98.8 Å². The third-order valence-corrected chi connectivity index (χ3v) is 10.8. The highest BCUT2D eigenvalue weighted by Crippen LogP contribution is 2.68. The minimum atomic E-state index is -1.16. The number of hydrogen-bond acceptors (Lipinski definition) is 6. The number of carbonyl (C=O) groups excluding carboxylic acids is 1. The summed E-state index contributed by atoms with van der Waals surface area (Å²) in [4.78, 5) is 13.3. The molecular weight excluding hydrogens is 432 g/mol. The van der Waals surface area contributed by atoms with E-state index in [0.717, 1.165) is 18.4 Å². The van der Waals surface area contributed by atoms with Gasteiger partial charge in [-0.3, -0.25) is 4.79 Å². The molecule has 0 aliphatic heterocycles. The molecule has 0 heterocycles. The first-order valence-corrected chi connectivity index (χ1v) is 13.4. The van der Waals surface area contributed by atoms with Crippen LogP contribution in [0.15, 0.2) is 11.6 Å². The lowest BCUT2D eigenvalue weighted by Crippen LogP contribution is -2.62. The molecule has 0 aromatic heterocycles. The van der Waals surface area contributed by atoms with E-state index in [1.807, 2.05) is 6.92 Å². The molecule has 4 aliphatic rings. The van der Waals surface area contributed by atoms with Gasteiger partial charge in [-0.2, -0.15) is 0 Å². The largest absolute Gasteiger partial charge is 0.390 e. The molecule has 4 aliphatic carbocycles. The van der Waals surface area contributed by atoms with E-state index in [2.05, 4.69) is 13.8 Å². The summed E-state index contributed by atoms with van der Waals surface area (Å²) >= 11 is 0. The summed E-state index contributed by atoms with van der Waals surface area (Å²) in [6.07, 6.45) is 5.81. The van der Waals surface area contributed by atoms with Gasteiger partial charge in [0.05, 0.1) is 29.0 Å². The zero-order valence-electron chi connectivity index (χ0n) is 21.7. The predicted molar refractivity (Wildman–Crippen MR) is 130 cm³/mol. The third kappa shape index (κ3) is 3.83. The molecular formula is C28H46O6. The maximum Gasteiger partial charge on any atom is 0.159 e. The second kappa shape index (κ2) is 8.37. The Morgan fingerprint density at radius 1 is 1.03 bits per heavy atom.